The van der Waals surface area contributed by atoms with Crippen LogP contribution in [-0.2, 0) is 11.2 Å². The molecule has 2 amide bonds. The summed E-state index contributed by atoms with van der Waals surface area (Å²) in [6.07, 6.45) is 7.49. The largest absolute Gasteiger partial charge is 0.358 e. The van der Waals surface area contributed by atoms with E-state index in [2.05, 4.69) is 25.9 Å². The second-order valence-corrected chi connectivity index (χ2v) is 11.0. The van der Waals surface area contributed by atoms with Gasteiger partial charge in [0, 0.05) is 54.9 Å². The number of rotatable bonds is 6. The number of anilines is 2. The number of fused-ring (bicyclic) bond motifs is 3. The highest BCUT2D eigenvalue weighted by atomic mass is 35.5. The second-order valence-electron chi connectivity index (χ2n) is 10.6. The number of allylic oxidation sites excluding steroid dienone is 5. The molecule has 224 valence electrons. The Labute approximate surface area is 257 Å². The number of carbonyl (C=O) groups is 2. The Morgan fingerprint density at radius 1 is 1.02 bits per heavy atom. The van der Waals surface area contributed by atoms with Crippen molar-refractivity contribution in [1.82, 2.24) is 25.5 Å². The van der Waals surface area contributed by atoms with Crippen LogP contribution in [0.1, 0.15) is 33.6 Å². The lowest BCUT2D eigenvalue weighted by Gasteiger charge is -2.27. The number of aromatic nitrogens is 2. The molecule has 6 rings (SSSR count). The van der Waals surface area contributed by atoms with E-state index in [0.717, 1.165) is 5.56 Å². The van der Waals surface area contributed by atoms with Crippen molar-refractivity contribution in [2.24, 2.45) is 4.99 Å². The van der Waals surface area contributed by atoms with Crippen molar-refractivity contribution < 1.29 is 18.4 Å². The molecule has 0 spiro atoms. The molecule has 1 atom stereocenters. The molecule has 1 unspecified atom stereocenters. The normalized spacial score (nSPS) is 19.1. The molecule has 0 bridgehead atoms. The van der Waals surface area contributed by atoms with E-state index in [0.29, 0.717) is 47.5 Å². The van der Waals surface area contributed by atoms with Crippen molar-refractivity contribution in [3.63, 3.8) is 0 Å². The zero-order valence-electron chi connectivity index (χ0n) is 23.9. The average Bonchev–Trinajstić information content (AvgIpc) is 3.41. The number of nitrogens with zero attached hydrogens (tertiary/aromatic N) is 4. The lowest BCUT2D eigenvalue weighted by Crippen LogP contribution is -2.56. The van der Waals surface area contributed by atoms with E-state index in [1.165, 1.54) is 30.5 Å². The van der Waals surface area contributed by atoms with Gasteiger partial charge in [0.1, 0.15) is 22.3 Å². The van der Waals surface area contributed by atoms with Gasteiger partial charge in [-0.05, 0) is 73.5 Å². The standard InChI is InChI=1S/C32H28ClF2N7O2/c1-36-30(44)32(37-2)12-13-42(17-32)29(43)18-6-9-20(10-7-18)40-31-39-15-19-8-11-21-22(27-24(34)4-3-5-25(27)35)14-26(33)38-16-23(21)28(19)41-31/h3-7,9-11,14-16,37H,8,12-13,17H2,1-2H3,(H,36,44)(H,39,40,41). The molecule has 44 heavy (non-hydrogen) atoms. The number of carbonyl (C=O) groups excluding carboxylic acids is 2. The maximum Gasteiger partial charge on any atom is 0.253 e. The highest BCUT2D eigenvalue weighted by Gasteiger charge is 2.44. The maximum absolute atomic E-state index is 14.8. The number of amides is 2. The number of hydrogen-bond donors (Lipinski definition) is 3. The topological polar surface area (TPSA) is 112 Å². The maximum atomic E-state index is 14.8. The first-order valence-corrected chi connectivity index (χ1v) is 14.3. The molecule has 3 heterocycles. The quantitative estimate of drug-likeness (QED) is 0.374. The SMILES string of the molecule is CNC(=O)C1(NC)CCN(C(=O)c2ccc(Nc3ncc4c(n3)C3=CN=C(Cl)C=C(c5c(F)cccc5F)C3=CC4)cc2)C1. The Morgan fingerprint density at radius 3 is 2.48 bits per heavy atom. The summed E-state index contributed by atoms with van der Waals surface area (Å²) in [6, 6.07) is 10.6. The Balaban J connectivity index is 1.22. The van der Waals surface area contributed by atoms with Gasteiger partial charge in [0.2, 0.25) is 11.9 Å². The molecule has 2 aromatic carbocycles. The lowest BCUT2D eigenvalue weighted by molar-refractivity contribution is -0.126. The molecule has 12 heteroatoms. The Kier molecular flexibility index (Phi) is 7.83. The van der Waals surface area contributed by atoms with Crippen molar-refractivity contribution in [2.45, 2.75) is 18.4 Å². The van der Waals surface area contributed by atoms with E-state index in [1.807, 2.05) is 6.08 Å². The first-order chi connectivity index (χ1) is 21.2. The molecule has 9 nitrogen and oxygen atoms in total. The van der Waals surface area contributed by atoms with Crippen molar-refractivity contribution in [1.29, 1.82) is 0 Å². The molecule has 1 fully saturated rings. The molecule has 1 aromatic heterocycles. The summed E-state index contributed by atoms with van der Waals surface area (Å²) in [7, 11) is 3.30. The fourth-order valence-corrected chi connectivity index (χ4v) is 5.90. The predicted octanol–water partition coefficient (Wildman–Crippen LogP) is 4.61. The zero-order valence-corrected chi connectivity index (χ0v) is 24.7. The molecule has 3 N–H and O–H groups in total. The summed E-state index contributed by atoms with van der Waals surface area (Å²) in [4.78, 5) is 40.7. The van der Waals surface area contributed by atoms with E-state index >= 15 is 0 Å². The molecule has 1 aliphatic carbocycles. The van der Waals surface area contributed by atoms with E-state index in [-0.39, 0.29) is 40.6 Å². The van der Waals surface area contributed by atoms with Crippen molar-refractivity contribution >= 4 is 51.4 Å². The van der Waals surface area contributed by atoms with Gasteiger partial charge in [-0.25, -0.2) is 23.7 Å². The summed E-state index contributed by atoms with van der Waals surface area (Å²) >= 11 is 6.28. The first-order valence-electron chi connectivity index (χ1n) is 14.0. The lowest BCUT2D eigenvalue weighted by atomic mass is 9.84. The van der Waals surface area contributed by atoms with Gasteiger partial charge in [0.25, 0.3) is 5.91 Å². The minimum Gasteiger partial charge on any atom is -0.358 e. The molecular formula is C32H28ClF2N7O2. The van der Waals surface area contributed by atoms with E-state index in [4.69, 9.17) is 16.6 Å². The number of halogens is 3. The molecule has 0 radical (unpaired) electrons. The van der Waals surface area contributed by atoms with Gasteiger partial charge in [-0.15, -0.1) is 0 Å². The van der Waals surface area contributed by atoms with Crippen LogP contribution in [-0.4, -0.2) is 64.6 Å². The number of likely N-dealkylation sites (tertiary alicyclic amines) is 1. The van der Waals surface area contributed by atoms with E-state index in [9.17, 15) is 18.4 Å². The number of likely N-dealkylation sites (N-methyl/N-ethyl adjacent to an activating group) is 2. The van der Waals surface area contributed by atoms with Crippen LogP contribution in [0, 0.1) is 11.6 Å². The molecule has 0 saturated carbocycles. The third-order valence-corrected chi connectivity index (χ3v) is 8.33. The molecule has 2 aliphatic heterocycles. The molecular weight excluding hydrogens is 588 g/mol. The number of benzene rings is 2. The van der Waals surface area contributed by atoms with Crippen LogP contribution in [0.5, 0.6) is 0 Å². The van der Waals surface area contributed by atoms with Gasteiger partial charge >= 0.3 is 0 Å². The number of nitrogens with one attached hydrogen (secondary N) is 3. The predicted molar refractivity (Wildman–Crippen MR) is 166 cm³/mol. The fourth-order valence-electron chi connectivity index (χ4n) is 5.74. The van der Waals surface area contributed by atoms with Crippen LogP contribution < -0.4 is 16.0 Å². The van der Waals surface area contributed by atoms with Gasteiger partial charge in [-0.3, -0.25) is 9.59 Å². The second kappa shape index (κ2) is 11.7. The first kappa shape index (κ1) is 29.3. The van der Waals surface area contributed by atoms with Gasteiger partial charge in [-0.1, -0.05) is 23.7 Å². The summed E-state index contributed by atoms with van der Waals surface area (Å²) in [5.74, 6) is -1.45. The monoisotopic (exact) mass is 615 g/mol. The van der Waals surface area contributed by atoms with Gasteiger partial charge < -0.3 is 20.9 Å². The Hall–Kier alpha value is -4.74. The number of hydrogen-bond acceptors (Lipinski definition) is 7. The third kappa shape index (κ3) is 5.29. The van der Waals surface area contributed by atoms with Crippen LogP contribution in [0.25, 0.3) is 11.1 Å². The van der Waals surface area contributed by atoms with Crippen LogP contribution in [0.15, 0.2) is 77.6 Å². The fraction of sp³-hybridized carbons (Fsp3) is 0.219. The zero-order chi connectivity index (χ0) is 31.0. The summed E-state index contributed by atoms with van der Waals surface area (Å²) in [5, 5.41) is 8.98. The summed E-state index contributed by atoms with van der Waals surface area (Å²) in [5.41, 5.74) is 2.90. The van der Waals surface area contributed by atoms with E-state index in [1.54, 1.807) is 49.5 Å². The van der Waals surface area contributed by atoms with Crippen LogP contribution in [0.2, 0.25) is 0 Å². The van der Waals surface area contributed by atoms with Gasteiger partial charge in [0.05, 0.1) is 11.3 Å². The third-order valence-electron chi connectivity index (χ3n) is 8.12. The highest BCUT2D eigenvalue weighted by molar-refractivity contribution is 6.69. The van der Waals surface area contributed by atoms with E-state index < -0.39 is 17.2 Å². The molecule has 3 aliphatic rings. The van der Waals surface area contributed by atoms with Gasteiger partial charge in [0.15, 0.2) is 0 Å². The smallest absolute Gasteiger partial charge is 0.253 e. The highest BCUT2D eigenvalue weighted by Crippen LogP contribution is 2.41. The Morgan fingerprint density at radius 2 is 1.77 bits per heavy atom. The summed E-state index contributed by atoms with van der Waals surface area (Å²) in [6.45, 7) is 0.727. The van der Waals surface area contributed by atoms with Crippen molar-refractivity contribution in [3.05, 3.63) is 107 Å². The van der Waals surface area contributed by atoms with Crippen molar-refractivity contribution in [3.8, 4) is 0 Å². The van der Waals surface area contributed by atoms with Gasteiger partial charge in [-0.2, -0.15) is 0 Å². The molecule has 1 saturated heterocycles. The van der Waals surface area contributed by atoms with Crippen LogP contribution in [0.4, 0.5) is 20.4 Å². The van der Waals surface area contributed by atoms with Crippen LogP contribution in [0.3, 0.4) is 0 Å². The summed E-state index contributed by atoms with van der Waals surface area (Å²) < 4.78 is 29.7. The average molecular weight is 616 g/mol. The van der Waals surface area contributed by atoms with Crippen molar-refractivity contribution in [2.75, 3.05) is 32.5 Å². The van der Waals surface area contributed by atoms with Crippen LogP contribution >= 0.6 is 11.6 Å². The number of aliphatic imine (C=N–C) groups is 1. The Bertz CT molecular complexity index is 1780. The minimum absolute atomic E-state index is 0.0771. The molecule has 3 aromatic rings. The minimum atomic E-state index is -0.811.